The number of pyridine rings is 1. The second kappa shape index (κ2) is 5.31. The summed E-state index contributed by atoms with van der Waals surface area (Å²) in [5.74, 6) is 0.708. The highest BCUT2D eigenvalue weighted by atomic mass is 16.5. The number of aryl methyl sites for hydroxylation is 1. The summed E-state index contributed by atoms with van der Waals surface area (Å²) in [7, 11) is 0. The molecule has 0 saturated heterocycles. The molecule has 108 valence electrons. The molecule has 0 aliphatic heterocycles. The Hall–Kier alpha value is -1.77. The first-order valence-electron chi connectivity index (χ1n) is 7.12. The summed E-state index contributed by atoms with van der Waals surface area (Å²) in [6, 6.07) is 8.70. The van der Waals surface area contributed by atoms with Crippen LogP contribution in [0.2, 0.25) is 0 Å². The highest BCUT2D eigenvalue weighted by Crippen LogP contribution is 2.32. The molecule has 0 spiro atoms. The number of hydrogen-bond acceptors (Lipinski definition) is 3. The van der Waals surface area contributed by atoms with Gasteiger partial charge < -0.3 is 10.1 Å². The Bertz CT molecular complexity index is 612. The average molecular weight is 272 g/mol. The number of benzene rings is 1. The Morgan fingerprint density at radius 1 is 1.15 bits per heavy atom. The summed E-state index contributed by atoms with van der Waals surface area (Å²) in [6.45, 7) is 12.4. The second-order valence-corrected chi connectivity index (χ2v) is 6.48. The predicted octanol–water partition coefficient (Wildman–Crippen LogP) is 4.54. The lowest BCUT2D eigenvalue weighted by atomic mass is 10.1. The lowest BCUT2D eigenvalue weighted by Crippen LogP contribution is -2.23. The Balaban J connectivity index is 2.60. The van der Waals surface area contributed by atoms with Crippen molar-refractivity contribution < 1.29 is 4.74 Å². The van der Waals surface area contributed by atoms with Gasteiger partial charge in [0.1, 0.15) is 5.60 Å². The molecule has 1 heterocycles. The molecule has 0 bridgehead atoms. The van der Waals surface area contributed by atoms with E-state index in [1.54, 1.807) is 0 Å². The summed E-state index contributed by atoms with van der Waals surface area (Å²) in [5.41, 5.74) is 1.84. The van der Waals surface area contributed by atoms with Gasteiger partial charge in [0.25, 0.3) is 0 Å². The van der Waals surface area contributed by atoms with Crippen LogP contribution in [-0.4, -0.2) is 16.6 Å². The third kappa shape index (κ3) is 3.41. The van der Waals surface area contributed by atoms with E-state index in [-0.39, 0.29) is 5.60 Å². The van der Waals surface area contributed by atoms with E-state index in [4.69, 9.17) is 4.74 Å². The standard InChI is InChI=1S/C17H24N2O/c1-11(2)18-15-9-7-8-13-14(15)10-12(3)19-16(13)20-17(4,5)6/h7-11,18H,1-6H3. The van der Waals surface area contributed by atoms with Crippen molar-refractivity contribution in [3.63, 3.8) is 0 Å². The molecule has 2 rings (SSSR count). The van der Waals surface area contributed by atoms with Gasteiger partial charge in [0.2, 0.25) is 5.88 Å². The van der Waals surface area contributed by atoms with Crippen LogP contribution in [0.15, 0.2) is 24.3 Å². The minimum Gasteiger partial charge on any atom is -0.471 e. The van der Waals surface area contributed by atoms with Crippen molar-refractivity contribution in [1.82, 2.24) is 4.98 Å². The number of nitrogens with zero attached hydrogens (tertiary/aromatic N) is 1. The lowest BCUT2D eigenvalue weighted by Gasteiger charge is -2.22. The predicted molar refractivity (Wildman–Crippen MR) is 85.6 cm³/mol. The zero-order valence-corrected chi connectivity index (χ0v) is 13.2. The monoisotopic (exact) mass is 272 g/mol. The maximum absolute atomic E-state index is 6.02. The summed E-state index contributed by atoms with van der Waals surface area (Å²) >= 11 is 0. The molecule has 1 aromatic carbocycles. The first-order chi connectivity index (χ1) is 9.26. The van der Waals surface area contributed by atoms with Gasteiger partial charge in [0, 0.05) is 28.2 Å². The number of ether oxygens (including phenoxy) is 1. The Morgan fingerprint density at radius 2 is 1.85 bits per heavy atom. The van der Waals surface area contributed by atoms with Crippen molar-refractivity contribution in [2.75, 3.05) is 5.32 Å². The topological polar surface area (TPSA) is 34.1 Å². The zero-order chi connectivity index (χ0) is 14.9. The number of anilines is 1. The van der Waals surface area contributed by atoms with Gasteiger partial charge in [-0.3, -0.25) is 0 Å². The second-order valence-electron chi connectivity index (χ2n) is 6.48. The van der Waals surface area contributed by atoms with Crippen LogP contribution >= 0.6 is 0 Å². The van der Waals surface area contributed by atoms with Gasteiger partial charge in [0.15, 0.2) is 0 Å². The van der Waals surface area contributed by atoms with Crippen LogP contribution in [0.5, 0.6) is 5.88 Å². The van der Waals surface area contributed by atoms with Crippen LogP contribution in [0.4, 0.5) is 5.69 Å². The van der Waals surface area contributed by atoms with Crippen LogP contribution in [0.3, 0.4) is 0 Å². The van der Waals surface area contributed by atoms with Crippen LogP contribution in [0.1, 0.15) is 40.3 Å². The Morgan fingerprint density at radius 3 is 2.45 bits per heavy atom. The van der Waals surface area contributed by atoms with E-state index < -0.39 is 0 Å². The summed E-state index contributed by atoms with van der Waals surface area (Å²) in [6.07, 6.45) is 0. The highest BCUT2D eigenvalue weighted by Gasteiger charge is 2.16. The fourth-order valence-corrected chi connectivity index (χ4v) is 2.17. The molecule has 2 aromatic rings. The molecular weight excluding hydrogens is 248 g/mol. The van der Waals surface area contributed by atoms with Gasteiger partial charge >= 0.3 is 0 Å². The lowest BCUT2D eigenvalue weighted by molar-refractivity contribution is 0.126. The van der Waals surface area contributed by atoms with E-state index in [2.05, 4.69) is 42.3 Å². The smallest absolute Gasteiger partial charge is 0.222 e. The first kappa shape index (κ1) is 14.6. The minimum atomic E-state index is -0.255. The zero-order valence-electron chi connectivity index (χ0n) is 13.2. The average Bonchev–Trinajstić information content (AvgIpc) is 2.27. The van der Waals surface area contributed by atoms with Gasteiger partial charge in [-0.05, 0) is 59.7 Å². The van der Waals surface area contributed by atoms with E-state index in [0.29, 0.717) is 11.9 Å². The molecule has 0 saturated carbocycles. The number of hydrogen-bond donors (Lipinski definition) is 1. The first-order valence-corrected chi connectivity index (χ1v) is 7.12. The molecule has 20 heavy (non-hydrogen) atoms. The van der Waals surface area contributed by atoms with Crippen LogP contribution < -0.4 is 10.1 Å². The molecular formula is C17H24N2O. The maximum Gasteiger partial charge on any atom is 0.222 e. The van der Waals surface area contributed by atoms with Crippen molar-refractivity contribution >= 4 is 16.5 Å². The van der Waals surface area contributed by atoms with Gasteiger partial charge in [-0.1, -0.05) is 6.07 Å². The summed E-state index contributed by atoms with van der Waals surface area (Å²) < 4.78 is 6.02. The van der Waals surface area contributed by atoms with E-state index in [1.807, 2.05) is 33.8 Å². The molecule has 0 aliphatic carbocycles. The maximum atomic E-state index is 6.02. The van der Waals surface area contributed by atoms with E-state index in [0.717, 1.165) is 22.2 Å². The third-order valence-corrected chi connectivity index (χ3v) is 2.81. The molecule has 0 atom stereocenters. The fourth-order valence-electron chi connectivity index (χ4n) is 2.17. The third-order valence-electron chi connectivity index (χ3n) is 2.81. The van der Waals surface area contributed by atoms with Gasteiger partial charge in [-0.15, -0.1) is 0 Å². The molecule has 0 unspecified atom stereocenters. The number of rotatable bonds is 3. The summed E-state index contributed by atoms with van der Waals surface area (Å²) in [5, 5.41) is 5.69. The van der Waals surface area contributed by atoms with E-state index in [1.165, 1.54) is 0 Å². The van der Waals surface area contributed by atoms with Crippen molar-refractivity contribution in [2.45, 2.75) is 53.2 Å². The van der Waals surface area contributed by atoms with Gasteiger partial charge in [-0.2, -0.15) is 0 Å². The quantitative estimate of drug-likeness (QED) is 0.890. The molecule has 0 fully saturated rings. The fraction of sp³-hybridized carbons (Fsp3) is 0.471. The number of aromatic nitrogens is 1. The number of nitrogens with one attached hydrogen (secondary N) is 1. The van der Waals surface area contributed by atoms with Crippen LogP contribution in [0.25, 0.3) is 10.8 Å². The Kier molecular flexibility index (Phi) is 3.89. The molecule has 1 aromatic heterocycles. The highest BCUT2D eigenvalue weighted by molar-refractivity contribution is 5.97. The van der Waals surface area contributed by atoms with Crippen molar-refractivity contribution in [1.29, 1.82) is 0 Å². The normalized spacial score (nSPS) is 11.9. The van der Waals surface area contributed by atoms with Crippen molar-refractivity contribution in [2.24, 2.45) is 0 Å². The van der Waals surface area contributed by atoms with Crippen molar-refractivity contribution in [3.05, 3.63) is 30.0 Å². The molecule has 0 aliphatic rings. The van der Waals surface area contributed by atoms with E-state index in [9.17, 15) is 0 Å². The molecule has 1 N–H and O–H groups in total. The van der Waals surface area contributed by atoms with Gasteiger partial charge in [0.05, 0.1) is 0 Å². The van der Waals surface area contributed by atoms with Crippen LogP contribution in [-0.2, 0) is 0 Å². The minimum absolute atomic E-state index is 0.255. The van der Waals surface area contributed by atoms with Gasteiger partial charge in [-0.25, -0.2) is 4.98 Å². The molecule has 0 amide bonds. The molecule has 0 radical (unpaired) electrons. The van der Waals surface area contributed by atoms with E-state index >= 15 is 0 Å². The molecule has 3 heteroatoms. The van der Waals surface area contributed by atoms with Crippen molar-refractivity contribution in [3.8, 4) is 5.88 Å². The number of fused-ring (bicyclic) bond motifs is 1. The SMILES string of the molecule is Cc1cc2c(NC(C)C)cccc2c(OC(C)(C)C)n1. The summed E-state index contributed by atoms with van der Waals surface area (Å²) in [4.78, 5) is 4.56. The largest absolute Gasteiger partial charge is 0.471 e. The molecule has 3 nitrogen and oxygen atoms in total. The van der Waals surface area contributed by atoms with Crippen LogP contribution in [0, 0.1) is 6.92 Å². The Labute approximate surface area is 121 Å².